The molecule has 27 heavy (non-hydrogen) atoms. The van der Waals surface area contributed by atoms with Crippen molar-refractivity contribution in [2.24, 2.45) is 0 Å². The van der Waals surface area contributed by atoms with Gasteiger partial charge in [0.25, 0.3) is 0 Å². The van der Waals surface area contributed by atoms with E-state index in [-0.39, 0.29) is 41.5 Å². The van der Waals surface area contributed by atoms with Crippen LogP contribution in [0, 0.1) is 5.82 Å². The fourth-order valence-corrected chi connectivity index (χ4v) is 2.82. The number of alkyl halides is 2. The van der Waals surface area contributed by atoms with Crippen molar-refractivity contribution >= 4 is 28.4 Å². The molecule has 0 saturated carbocycles. The third kappa shape index (κ3) is 2.88. The normalized spacial score (nSPS) is 12.9. The number of rotatable bonds is 5. The van der Waals surface area contributed by atoms with Gasteiger partial charge in [-0.05, 0) is 12.1 Å². The summed E-state index contributed by atoms with van der Waals surface area (Å²) in [6.45, 7) is -0.992. The standard InChI is InChI=1S/C15H14F3N9/c16-5-7(17)3-4-26-14-10(23-25-26)2-1-9(21-14)11-8(18)6-27-12(11)13(19)22-15(20)24-27/h1-2,6-7H,3-5H2,(H4,19,20,22,24). The summed E-state index contributed by atoms with van der Waals surface area (Å²) in [4.78, 5) is 8.23. The van der Waals surface area contributed by atoms with E-state index in [0.29, 0.717) is 11.2 Å². The molecule has 0 fully saturated rings. The highest BCUT2D eigenvalue weighted by Crippen LogP contribution is 2.31. The molecule has 0 aliphatic heterocycles. The van der Waals surface area contributed by atoms with E-state index in [9.17, 15) is 13.2 Å². The van der Waals surface area contributed by atoms with Gasteiger partial charge in [-0.3, -0.25) is 0 Å². The molecule has 0 aliphatic carbocycles. The van der Waals surface area contributed by atoms with Gasteiger partial charge in [-0.1, -0.05) is 5.21 Å². The van der Waals surface area contributed by atoms with Crippen molar-refractivity contribution in [3.05, 3.63) is 24.1 Å². The average molecular weight is 377 g/mol. The lowest BCUT2D eigenvalue weighted by molar-refractivity contribution is 0.236. The highest BCUT2D eigenvalue weighted by atomic mass is 19.2. The average Bonchev–Trinajstić information content (AvgIpc) is 3.19. The zero-order chi connectivity index (χ0) is 19.1. The fraction of sp³-hybridized carbons (Fsp3) is 0.267. The number of nitrogens with two attached hydrogens (primary N) is 2. The first-order valence-electron chi connectivity index (χ1n) is 7.98. The van der Waals surface area contributed by atoms with Crippen molar-refractivity contribution in [3.8, 4) is 11.3 Å². The molecule has 140 valence electrons. The molecule has 0 saturated heterocycles. The first-order valence-corrected chi connectivity index (χ1v) is 7.98. The number of anilines is 2. The summed E-state index contributed by atoms with van der Waals surface area (Å²) in [5.74, 6) is -0.715. The van der Waals surface area contributed by atoms with Crippen molar-refractivity contribution in [2.75, 3.05) is 18.1 Å². The molecule has 12 heteroatoms. The van der Waals surface area contributed by atoms with Crippen molar-refractivity contribution < 1.29 is 13.2 Å². The first kappa shape index (κ1) is 17.0. The van der Waals surface area contributed by atoms with Crippen LogP contribution in [0.15, 0.2) is 18.3 Å². The Balaban J connectivity index is 1.83. The second-order valence-corrected chi connectivity index (χ2v) is 5.89. The van der Waals surface area contributed by atoms with E-state index in [0.717, 1.165) is 6.20 Å². The molecule has 4 rings (SSSR count). The minimum Gasteiger partial charge on any atom is -0.382 e. The maximum Gasteiger partial charge on any atom is 0.240 e. The van der Waals surface area contributed by atoms with Gasteiger partial charge in [-0.2, -0.15) is 4.98 Å². The van der Waals surface area contributed by atoms with Crippen LogP contribution in [0.3, 0.4) is 0 Å². The number of halogens is 3. The van der Waals surface area contributed by atoms with Gasteiger partial charge >= 0.3 is 0 Å². The van der Waals surface area contributed by atoms with Gasteiger partial charge in [0.2, 0.25) is 5.95 Å². The summed E-state index contributed by atoms with van der Waals surface area (Å²) >= 11 is 0. The molecule has 0 spiro atoms. The Labute approximate surface area is 149 Å². The number of fused-ring (bicyclic) bond motifs is 2. The van der Waals surface area contributed by atoms with Crippen LogP contribution in [-0.2, 0) is 6.54 Å². The van der Waals surface area contributed by atoms with Crippen LogP contribution in [0.4, 0.5) is 24.9 Å². The number of pyridine rings is 1. The Morgan fingerprint density at radius 2 is 2.00 bits per heavy atom. The topological polar surface area (TPSA) is 126 Å². The Bertz CT molecular complexity index is 1140. The summed E-state index contributed by atoms with van der Waals surface area (Å²) < 4.78 is 42.6. The lowest BCUT2D eigenvalue weighted by atomic mass is 10.1. The Hall–Kier alpha value is -3.44. The molecule has 4 N–H and O–H groups in total. The highest BCUT2D eigenvalue weighted by molar-refractivity contribution is 5.88. The summed E-state index contributed by atoms with van der Waals surface area (Å²) in [5, 5.41) is 11.7. The van der Waals surface area contributed by atoms with E-state index in [4.69, 9.17) is 11.5 Å². The molecule has 4 heterocycles. The Morgan fingerprint density at radius 3 is 2.78 bits per heavy atom. The van der Waals surface area contributed by atoms with Crippen LogP contribution in [0.2, 0.25) is 0 Å². The summed E-state index contributed by atoms with van der Waals surface area (Å²) in [5.41, 5.74) is 12.7. The molecular weight excluding hydrogens is 363 g/mol. The minimum absolute atomic E-state index is 0.00172. The zero-order valence-electron chi connectivity index (χ0n) is 13.8. The van der Waals surface area contributed by atoms with Crippen LogP contribution in [0.5, 0.6) is 0 Å². The van der Waals surface area contributed by atoms with Crippen LogP contribution in [-0.4, -0.2) is 47.4 Å². The molecule has 0 bridgehead atoms. The van der Waals surface area contributed by atoms with E-state index < -0.39 is 18.7 Å². The van der Waals surface area contributed by atoms with Crippen LogP contribution < -0.4 is 11.5 Å². The highest BCUT2D eigenvalue weighted by Gasteiger charge is 2.20. The number of aryl methyl sites for hydroxylation is 1. The van der Waals surface area contributed by atoms with Crippen molar-refractivity contribution in [1.82, 2.24) is 34.6 Å². The molecule has 0 radical (unpaired) electrons. The SMILES string of the molecule is Nc1nc(N)c2c(-c3ccc4nnn(CCC(F)CF)c4n3)c(F)cn2n1. The third-order valence-corrected chi connectivity index (χ3v) is 4.07. The van der Waals surface area contributed by atoms with Crippen LogP contribution >= 0.6 is 0 Å². The van der Waals surface area contributed by atoms with E-state index >= 15 is 0 Å². The number of hydrogen-bond acceptors (Lipinski definition) is 7. The quantitative estimate of drug-likeness (QED) is 0.540. The predicted octanol–water partition coefficient (Wildman–Crippen LogP) is 1.54. The Morgan fingerprint density at radius 1 is 1.19 bits per heavy atom. The number of nitrogens with zero attached hydrogens (tertiary/aromatic N) is 7. The minimum atomic E-state index is -1.59. The lowest BCUT2D eigenvalue weighted by Gasteiger charge is -2.06. The van der Waals surface area contributed by atoms with Crippen LogP contribution in [0.1, 0.15) is 6.42 Å². The smallest absolute Gasteiger partial charge is 0.240 e. The number of hydrogen-bond donors (Lipinski definition) is 2. The lowest BCUT2D eigenvalue weighted by Crippen LogP contribution is -2.10. The molecular formula is C15H14F3N9. The molecule has 9 nitrogen and oxygen atoms in total. The van der Waals surface area contributed by atoms with Crippen molar-refractivity contribution in [2.45, 2.75) is 19.1 Å². The van der Waals surface area contributed by atoms with Crippen LogP contribution in [0.25, 0.3) is 27.9 Å². The van der Waals surface area contributed by atoms with Gasteiger partial charge < -0.3 is 11.5 Å². The van der Waals surface area contributed by atoms with E-state index in [1.54, 1.807) is 12.1 Å². The molecule has 0 aromatic carbocycles. The number of aromatic nitrogens is 7. The maximum atomic E-state index is 14.6. The van der Waals surface area contributed by atoms with E-state index in [2.05, 4.69) is 25.4 Å². The van der Waals surface area contributed by atoms with Gasteiger partial charge in [-0.25, -0.2) is 27.4 Å². The molecule has 4 aromatic heterocycles. The predicted molar refractivity (Wildman–Crippen MR) is 91.6 cm³/mol. The maximum absolute atomic E-state index is 14.6. The van der Waals surface area contributed by atoms with E-state index in [1.807, 2.05) is 0 Å². The molecule has 0 aliphatic rings. The van der Waals surface area contributed by atoms with Gasteiger partial charge in [-0.15, -0.1) is 10.2 Å². The van der Waals surface area contributed by atoms with Crippen molar-refractivity contribution in [1.29, 1.82) is 0 Å². The van der Waals surface area contributed by atoms with Gasteiger partial charge in [0.05, 0.1) is 17.5 Å². The second-order valence-electron chi connectivity index (χ2n) is 5.89. The fourth-order valence-electron chi connectivity index (χ4n) is 2.82. The zero-order valence-corrected chi connectivity index (χ0v) is 13.8. The van der Waals surface area contributed by atoms with Gasteiger partial charge in [0, 0.05) is 13.0 Å². The van der Waals surface area contributed by atoms with Gasteiger partial charge in [0.1, 0.15) is 23.9 Å². The van der Waals surface area contributed by atoms with Crippen molar-refractivity contribution in [3.63, 3.8) is 0 Å². The molecule has 1 atom stereocenters. The summed E-state index contributed by atoms with van der Waals surface area (Å²) in [7, 11) is 0. The summed E-state index contributed by atoms with van der Waals surface area (Å²) in [6, 6.07) is 3.15. The first-order chi connectivity index (χ1) is 13.0. The van der Waals surface area contributed by atoms with Gasteiger partial charge in [0.15, 0.2) is 17.3 Å². The van der Waals surface area contributed by atoms with E-state index in [1.165, 1.54) is 9.20 Å². The Kier molecular flexibility index (Phi) is 4.01. The largest absolute Gasteiger partial charge is 0.382 e. The second kappa shape index (κ2) is 6.37. The molecule has 1 unspecified atom stereocenters. The molecule has 0 amide bonds. The molecule has 4 aromatic rings. The monoisotopic (exact) mass is 377 g/mol. The number of nitrogen functional groups attached to an aromatic ring is 2. The summed E-state index contributed by atoms with van der Waals surface area (Å²) in [6.07, 6.45) is -0.553. The third-order valence-electron chi connectivity index (χ3n) is 4.07.